The molecule has 5 atom stereocenters. The summed E-state index contributed by atoms with van der Waals surface area (Å²) in [6.07, 6.45) is 7.62. The zero-order valence-electron chi connectivity index (χ0n) is 14.7. The molecule has 0 saturated heterocycles. The maximum atomic E-state index is 12.7. The summed E-state index contributed by atoms with van der Waals surface area (Å²) in [7, 11) is 0. The van der Waals surface area contributed by atoms with E-state index in [0.717, 1.165) is 6.42 Å². The van der Waals surface area contributed by atoms with Crippen molar-refractivity contribution < 1.29 is 14.7 Å². The molecule has 3 heteroatoms. The maximum Gasteiger partial charge on any atom is 0.161 e. The molecule has 23 heavy (non-hydrogen) atoms. The Morgan fingerprint density at radius 2 is 1.87 bits per heavy atom. The Balaban J connectivity index is 2.07. The van der Waals surface area contributed by atoms with Crippen LogP contribution in [0, 0.1) is 28.1 Å². The van der Waals surface area contributed by atoms with E-state index < -0.39 is 16.4 Å². The van der Waals surface area contributed by atoms with Crippen molar-refractivity contribution in [2.75, 3.05) is 0 Å². The SMILES string of the molecule is C=C[C@]1(C)CC2(O)CC[C@H]3C(C)(C)C(=O)C=C[C@]3(C)[C@H]2CC1=O. The van der Waals surface area contributed by atoms with Crippen LogP contribution >= 0.6 is 0 Å². The molecule has 126 valence electrons. The van der Waals surface area contributed by atoms with Crippen molar-refractivity contribution in [2.24, 2.45) is 28.1 Å². The van der Waals surface area contributed by atoms with Gasteiger partial charge in [-0.1, -0.05) is 32.9 Å². The average Bonchev–Trinajstić information content (AvgIpc) is 2.46. The number of aliphatic hydroxyl groups is 1. The van der Waals surface area contributed by atoms with Gasteiger partial charge in [0.15, 0.2) is 5.78 Å². The standard InChI is InChI=1S/C20H28O3/c1-6-18(4)12-20(23)10-7-13-17(2,3)15(21)8-9-19(13,5)14(20)11-16(18)22/h6,8-9,13-14,23H,1,7,10-12H2,2-5H3/t13-,14+,18+,19-,20?/m0/s1. The van der Waals surface area contributed by atoms with E-state index in [-0.39, 0.29) is 28.8 Å². The van der Waals surface area contributed by atoms with Crippen LogP contribution in [0.1, 0.15) is 53.4 Å². The van der Waals surface area contributed by atoms with Crippen molar-refractivity contribution in [1.82, 2.24) is 0 Å². The highest BCUT2D eigenvalue weighted by Crippen LogP contribution is 2.63. The van der Waals surface area contributed by atoms with Crippen LogP contribution in [0.2, 0.25) is 0 Å². The lowest BCUT2D eigenvalue weighted by atomic mass is 9.43. The van der Waals surface area contributed by atoms with Crippen molar-refractivity contribution in [3.8, 4) is 0 Å². The smallest absolute Gasteiger partial charge is 0.161 e. The number of Topliss-reactive ketones (excluding diaryl/α,β-unsaturated/α-hetero) is 1. The van der Waals surface area contributed by atoms with Crippen molar-refractivity contribution in [3.05, 3.63) is 24.8 Å². The second-order valence-corrected chi connectivity index (χ2v) is 8.96. The van der Waals surface area contributed by atoms with E-state index in [0.29, 0.717) is 19.3 Å². The first-order valence-electron chi connectivity index (χ1n) is 8.62. The largest absolute Gasteiger partial charge is 0.390 e. The van der Waals surface area contributed by atoms with Crippen LogP contribution in [0.25, 0.3) is 0 Å². The summed E-state index contributed by atoms with van der Waals surface area (Å²) in [6.45, 7) is 11.8. The van der Waals surface area contributed by atoms with Crippen LogP contribution in [0.5, 0.6) is 0 Å². The molecule has 2 fully saturated rings. The number of carbonyl (C=O) groups excluding carboxylic acids is 2. The van der Waals surface area contributed by atoms with Crippen molar-refractivity contribution >= 4 is 11.6 Å². The second kappa shape index (κ2) is 4.66. The predicted octanol–water partition coefficient (Wildman–Crippen LogP) is 3.47. The van der Waals surface area contributed by atoms with Gasteiger partial charge in [-0.3, -0.25) is 9.59 Å². The Bertz CT molecular complexity index is 616. The molecule has 1 N–H and O–H groups in total. The third kappa shape index (κ3) is 2.05. The number of rotatable bonds is 1. The molecule has 3 aliphatic rings. The summed E-state index contributed by atoms with van der Waals surface area (Å²) in [6, 6.07) is 0. The second-order valence-electron chi connectivity index (χ2n) is 8.96. The Labute approximate surface area is 138 Å². The Kier molecular flexibility index (Phi) is 3.37. The van der Waals surface area contributed by atoms with Crippen molar-refractivity contribution in [3.63, 3.8) is 0 Å². The Morgan fingerprint density at radius 3 is 2.48 bits per heavy atom. The van der Waals surface area contributed by atoms with Gasteiger partial charge in [-0.25, -0.2) is 0 Å². The molecule has 0 bridgehead atoms. The molecule has 0 amide bonds. The lowest BCUT2D eigenvalue weighted by molar-refractivity contribution is -0.183. The van der Waals surface area contributed by atoms with Gasteiger partial charge < -0.3 is 5.11 Å². The average molecular weight is 316 g/mol. The lowest BCUT2D eigenvalue weighted by Gasteiger charge is -2.61. The van der Waals surface area contributed by atoms with Crippen LogP contribution in [-0.2, 0) is 9.59 Å². The molecular formula is C20H28O3. The first kappa shape index (κ1) is 16.6. The maximum absolute atomic E-state index is 12.7. The first-order valence-corrected chi connectivity index (χ1v) is 8.62. The molecule has 3 nitrogen and oxygen atoms in total. The third-order valence-corrected chi connectivity index (χ3v) is 7.27. The molecule has 3 aliphatic carbocycles. The molecular weight excluding hydrogens is 288 g/mol. The van der Waals surface area contributed by atoms with Gasteiger partial charge in [0.05, 0.1) is 5.60 Å². The summed E-state index contributed by atoms with van der Waals surface area (Å²) in [5.41, 5.74) is -2.25. The molecule has 2 saturated carbocycles. The summed E-state index contributed by atoms with van der Waals surface area (Å²) >= 11 is 0. The highest BCUT2D eigenvalue weighted by molar-refractivity contribution is 5.96. The number of ketones is 2. The number of carbonyl (C=O) groups is 2. The van der Waals surface area contributed by atoms with Gasteiger partial charge in [-0.05, 0) is 43.6 Å². The fourth-order valence-corrected chi connectivity index (χ4v) is 5.67. The van der Waals surface area contributed by atoms with Crippen LogP contribution in [0.15, 0.2) is 24.8 Å². The highest BCUT2D eigenvalue weighted by Gasteiger charge is 2.63. The number of fused-ring (bicyclic) bond motifs is 3. The zero-order valence-corrected chi connectivity index (χ0v) is 14.7. The quantitative estimate of drug-likeness (QED) is 0.754. The summed E-state index contributed by atoms with van der Waals surface area (Å²) in [5.74, 6) is 0.354. The fourth-order valence-electron chi connectivity index (χ4n) is 5.67. The van der Waals surface area contributed by atoms with Crippen LogP contribution in [-0.4, -0.2) is 22.3 Å². The number of hydrogen-bond donors (Lipinski definition) is 1. The molecule has 0 spiro atoms. The van der Waals surface area contributed by atoms with E-state index in [1.807, 2.05) is 26.8 Å². The first-order chi connectivity index (χ1) is 10.5. The molecule has 0 radical (unpaired) electrons. The molecule has 0 heterocycles. The van der Waals surface area contributed by atoms with Gasteiger partial charge in [-0.2, -0.15) is 0 Å². The van der Waals surface area contributed by atoms with Gasteiger partial charge in [0.1, 0.15) is 5.78 Å². The predicted molar refractivity (Wildman–Crippen MR) is 89.7 cm³/mol. The molecule has 0 aliphatic heterocycles. The number of hydrogen-bond acceptors (Lipinski definition) is 3. The van der Waals surface area contributed by atoms with E-state index >= 15 is 0 Å². The molecule has 3 rings (SSSR count). The van der Waals surface area contributed by atoms with Crippen molar-refractivity contribution in [1.29, 1.82) is 0 Å². The molecule has 0 aromatic carbocycles. The van der Waals surface area contributed by atoms with Crippen LogP contribution in [0.4, 0.5) is 0 Å². The third-order valence-electron chi connectivity index (χ3n) is 7.27. The van der Waals surface area contributed by atoms with E-state index in [1.54, 1.807) is 12.2 Å². The van der Waals surface area contributed by atoms with E-state index in [2.05, 4.69) is 13.5 Å². The Hall–Kier alpha value is -1.22. The number of allylic oxidation sites excluding steroid dienone is 3. The van der Waals surface area contributed by atoms with Crippen molar-refractivity contribution in [2.45, 2.75) is 59.0 Å². The molecule has 0 aromatic heterocycles. The van der Waals surface area contributed by atoms with Gasteiger partial charge in [0, 0.05) is 23.2 Å². The Morgan fingerprint density at radius 1 is 1.22 bits per heavy atom. The van der Waals surface area contributed by atoms with E-state index in [1.165, 1.54) is 0 Å². The minimum absolute atomic E-state index is 0.127. The van der Waals surface area contributed by atoms with Gasteiger partial charge in [0.25, 0.3) is 0 Å². The van der Waals surface area contributed by atoms with E-state index in [4.69, 9.17) is 0 Å². The van der Waals surface area contributed by atoms with Gasteiger partial charge >= 0.3 is 0 Å². The minimum atomic E-state index is -0.858. The van der Waals surface area contributed by atoms with Gasteiger partial charge in [0.2, 0.25) is 0 Å². The normalized spacial score (nSPS) is 48.6. The zero-order chi connectivity index (χ0) is 17.3. The topological polar surface area (TPSA) is 54.4 Å². The van der Waals surface area contributed by atoms with E-state index in [9.17, 15) is 14.7 Å². The fraction of sp³-hybridized carbons (Fsp3) is 0.700. The lowest BCUT2D eigenvalue weighted by Crippen LogP contribution is -2.63. The molecule has 1 unspecified atom stereocenters. The van der Waals surface area contributed by atoms with Crippen LogP contribution < -0.4 is 0 Å². The minimum Gasteiger partial charge on any atom is -0.390 e. The summed E-state index contributed by atoms with van der Waals surface area (Å²) in [4.78, 5) is 25.1. The van der Waals surface area contributed by atoms with Gasteiger partial charge in [-0.15, -0.1) is 6.58 Å². The highest BCUT2D eigenvalue weighted by atomic mass is 16.3. The summed E-state index contributed by atoms with van der Waals surface area (Å²) in [5, 5.41) is 11.4. The summed E-state index contributed by atoms with van der Waals surface area (Å²) < 4.78 is 0. The molecule has 0 aromatic rings. The monoisotopic (exact) mass is 316 g/mol. The van der Waals surface area contributed by atoms with Crippen LogP contribution in [0.3, 0.4) is 0 Å².